The molecule has 1 unspecified atom stereocenters. The quantitative estimate of drug-likeness (QED) is 0.441. The number of piperidine rings is 1. The number of ether oxygens (including phenoxy) is 1. The number of hydrogen-bond donors (Lipinski definition) is 0. The van der Waals surface area contributed by atoms with Crippen molar-refractivity contribution in [3.05, 3.63) is 33.9 Å². The summed E-state index contributed by atoms with van der Waals surface area (Å²) in [6, 6.07) is 4.56. The van der Waals surface area contributed by atoms with Gasteiger partial charge in [0.05, 0.1) is 29.0 Å². The van der Waals surface area contributed by atoms with Crippen LogP contribution >= 0.6 is 11.8 Å². The molecule has 27 heavy (non-hydrogen) atoms. The third kappa shape index (κ3) is 4.41. The van der Waals surface area contributed by atoms with E-state index in [-0.39, 0.29) is 23.4 Å². The summed E-state index contributed by atoms with van der Waals surface area (Å²) < 4.78 is 5.29. The van der Waals surface area contributed by atoms with E-state index in [2.05, 4.69) is 0 Å². The summed E-state index contributed by atoms with van der Waals surface area (Å²) in [6.45, 7) is 3.19. The van der Waals surface area contributed by atoms with Crippen LogP contribution in [0.15, 0.2) is 23.1 Å². The van der Waals surface area contributed by atoms with Crippen LogP contribution in [0.3, 0.4) is 0 Å². The molecule has 0 saturated carbocycles. The summed E-state index contributed by atoms with van der Waals surface area (Å²) in [4.78, 5) is 40.4. The number of benzene rings is 1. The smallest absolute Gasteiger partial charge is 0.283 e. The van der Waals surface area contributed by atoms with Crippen molar-refractivity contribution in [1.29, 1.82) is 0 Å². The standard InChI is InChI=1S/C18H23N3O5S/c1-27-16-5-4-13(11-15(16)21(24)25)17(22)20-6-2-3-14(12-20)18(23)19-7-9-26-10-8-19/h4-5,11,14H,2-3,6-10,12H2,1H3. The van der Waals surface area contributed by atoms with Crippen LogP contribution in [0.25, 0.3) is 0 Å². The van der Waals surface area contributed by atoms with Crippen LogP contribution in [-0.4, -0.2) is 72.2 Å². The summed E-state index contributed by atoms with van der Waals surface area (Å²) in [5, 5.41) is 11.3. The van der Waals surface area contributed by atoms with E-state index in [4.69, 9.17) is 4.74 Å². The maximum absolute atomic E-state index is 12.9. The topological polar surface area (TPSA) is 93.0 Å². The molecule has 146 valence electrons. The summed E-state index contributed by atoms with van der Waals surface area (Å²) in [5.41, 5.74) is 0.227. The maximum Gasteiger partial charge on any atom is 0.283 e. The van der Waals surface area contributed by atoms with Crippen LogP contribution < -0.4 is 0 Å². The summed E-state index contributed by atoms with van der Waals surface area (Å²) >= 11 is 1.27. The highest BCUT2D eigenvalue weighted by Gasteiger charge is 2.32. The summed E-state index contributed by atoms with van der Waals surface area (Å²) in [7, 11) is 0. The first kappa shape index (κ1) is 19.6. The number of nitrogens with zero attached hydrogens (tertiary/aromatic N) is 3. The monoisotopic (exact) mass is 393 g/mol. The second-order valence-electron chi connectivity index (χ2n) is 6.67. The number of carbonyl (C=O) groups excluding carboxylic acids is 2. The number of amides is 2. The van der Waals surface area contributed by atoms with Gasteiger partial charge in [-0.3, -0.25) is 19.7 Å². The Kier molecular flexibility index (Phi) is 6.33. The van der Waals surface area contributed by atoms with Crippen LogP contribution in [0.2, 0.25) is 0 Å². The predicted molar refractivity (Wildman–Crippen MR) is 101 cm³/mol. The average molecular weight is 393 g/mol. The second-order valence-corrected chi connectivity index (χ2v) is 7.52. The molecule has 2 saturated heterocycles. The molecule has 8 nitrogen and oxygen atoms in total. The number of likely N-dealkylation sites (tertiary alicyclic amines) is 1. The Bertz CT molecular complexity index is 736. The minimum atomic E-state index is -0.469. The number of rotatable bonds is 4. The van der Waals surface area contributed by atoms with Gasteiger partial charge in [0.1, 0.15) is 0 Å². The molecule has 2 heterocycles. The lowest BCUT2D eigenvalue weighted by Crippen LogP contribution is -2.49. The fourth-order valence-corrected chi connectivity index (χ4v) is 4.10. The molecule has 0 spiro atoms. The molecule has 0 bridgehead atoms. The molecule has 1 aromatic rings. The maximum atomic E-state index is 12.9. The third-order valence-corrected chi connectivity index (χ3v) is 5.79. The van der Waals surface area contributed by atoms with Crippen molar-refractivity contribution in [3.8, 4) is 0 Å². The number of thioether (sulfide) groups is 1. The average Bonchev–Trinajstić information content (AvgIpc) is 2.72. The molecule has 0 aromatic heterocycles. The lowest BCUT2D eigenvalue weighted by atomic mass is 9.95. The Balaban J connectivity index is 1.72. The molecule has 2 aliphatic heterocycles. The van der Waals surface area contributed by atoms with E-state index in [0.717, 1.165) is 12.8 Å². The molecule has 3 rings (SSSR count). The Morgan fingerprint density at radius 3 is 2.63 bits per heavy atom. The number of carbonyl (C=O) groups is 2. The van der Waals surface area contributed by atoms with Gasteiger partial charge in [-0.25, -0.2) is 0 Å². The molecule has 9 heteroatoms. The number of hydrogen-bond acceptors (Lipinski definition) is 6. The molecule has 2 fully saturated rings. The van der Waals surface area contributed by atoms with Crippen molar-refractivity contribution >= 4 is 29.3 Å². The lowest BCUT2D eigenvalue weighted by molar-refractivity contribution is -0.387. The molecule has 2 aliphatic rings. The van der Waals surface area contributed by atoms with E-state index in [0.29, 0.717) is 49.9 Å². The second kappa shape index (κ2) is 8.71. The largest absolute Gasteiger partial charge is 0.378 e. The van der Waals surface area contributed by atoms with Gasteiger partial charge in [-0.2, -0.15) is 0 Å². The van der Waals surface area contributed by atoms with E-state index >= 15 is 0 Å². The Morgan fingerprint density at radius 2 is 1.96 bits per heavy atom. The zero-order valence-corrected chi connectivity index (χ0v) is 16.1. The molecule has 0 radical (unpaired) electrons. The molecular formula is C18H23N3O5S. The Hall–Kier alpha value is -2.13. The normalized spacial score (nSPS) is 20.4. The molecule has 1 aromatic carbocycles. The third-order valence-electron chi connectivity index (χ3n) is 5.00. The first-order chi connectivity index (χ1) is 13.0. The zero-order valence-electron chi connectivity index (χ0n) is 15.3. The minimum Gasteiger partial charge on any atom is -0.378 e. The van der Waals surface area contributed by atoms with E-state index < -0.39 is 4.92 Å². The molecule has 0 N–H and O–H groups in total. The van der Waals surface area contributed by atoms with Gasteiger partial charge >= 0.3 is 0 Å². The highest BCUT2D eigenvalue weighted by Crippen LogP contribution is 2.29. The van der Waals surface area contributed by atoms with Crippen LogP contribution in [-0.2, 0) is 9.53 Å². The number of nitro groups is 1. The van der Waals surface area contributed by atoms with Crippen LogP contribution in [0.5, 0.6) is 0 Å². The summed E-state index contributed by atoms with van der Waals surface area (Å²) in [5.74, 6) is -0.411. The van der Waals surface area contributed by atoms with Gasteiger partial charge in [0.25, 0.3) is 11.6 Å². The Morgan fingerprint density at radius 1 is 1.22 bits per heavy atom. The van der Waals surface area contributed by atoms with Gasteiger partial charge in [0.15, 0.2) is 0 Å². The van der Waals surface area contributed by atoms with Gasteiger partial charge < -0.3 is 14.5 Å². The highest BCUT2D eigenvalue weighted by atomic mass is 32.2. The summed E-state index contributed by atoms with van der Waals surface area (Å²) in [6.07, 6.45) is 3.26. The van der Waals surface area contributed by atoms with Gasteiger partial charge in [-0.1, -0.05) is 0 Å². The molecule has 0 aliphatic carbocycles. The molecular weight excluding hydrogens is 370 g/mol. The van der Waals surface area contributed by atoms with Gasteiger partial charge in [-0.15, -0.1) is 11.8 Å². The van der Waals surface area contributed by atoms with Gasteiger partial charge in [0, 0.05) is 37.8 Å². The van der Waals surface area contributed by atoms with Crippen LogP contribution in [0.1, 0.15) is 23.2 Å². The SMILES string of the molecule is CSc1ccc(C(=O)N2CCCC(C(=O)N3CCOCC3)C2)cc1[N+](=O)[O-]. The predicted octanol–water partition coefficient (Wildman–Crippen LogP) is 2.03. The van der Waals surface area contributed by atoms with Gasteiger partial charge in [0.2, 0.25) is 5.91 Å². The first-order valence-corrected chi connectivity index (χ1v) is 10.2. The highest BCUT2D eigenvalue weighted by molar-refractivity contribution is 7.98. The first-order valence-electron chi connectivity index (χ1n) is 8.99. The molecule has 1 atom stereocenters. The fourth-order valence-electron chi connectivity index (χ4n) is 3.55. The fraction of sp³-hybridized carbons (Fsp3) is 0.556. The number of nitro benzene ring substituents is 1. The van der Waals surface area contributed by atoms with Crippen LogP contribution in [0, 0.1) is 16.0 Å². The van der Waals surface area contributed by atoms with Crippen molar-refractivity contribution in [1.82, 2.24) is 9.80 Å². The Labute approximate surface area is 162 Å². The van der Waals surface area contributed by atoms with Crippen molar-refractivity contribution in [2.45, 2.75) is 17.7 Å². The van der Waals surface area contributed by atoms with Crippen molar-refractivity contribution in [2.24, 2.45) is 5.92 Å². The van der Waals surface area contributed by atoms with Crippen molar-refractivity contribution in [3.63, 3.8) is 0 Å². The lowest BCUT2D eigenvalue weighted by Gasteiger charge is -2.36. The zero-order chi connectivity index (χ0) is 19.4. The number of morpholine rings is 1. The minimum absolute atomic E-state index is 0.0636. The van der Waals surface area contributed by atoms with Crippen molar-refractivity contribution < 1.29 is 19.2 Å². The molecule has 2 amide bonds. The van der Waals surface area contributed by atoms with Crippen LogP contribution in [0.4, 0.5) is 5.69 Å². The van der Waals surface area contributed by atoms with E-state index in [1.165, 1.54) is 17.8 Å². The van der Waals surface area contributed by atoms with Crippen molar-refractivity contribution in [2.75, 3.05) is 45.6 Å². The van der Waals surface area contributed by atoms with E-state index in [9.17, 15) is 19.7 Å². The van der Waals surface area contributed by atoms with E-state index in [1.54, 1.807) is 28.2 Å². The van der Waals surface area contributed by atoms with E-state index in [1.807, 2.05) is 0 Å². The van der Waals surface area contributed by atoms with Gasteiger partial charge in [-0.05, 0) is 31.2 Å².